The molecule has 1 rings (SSSR count). The van der Waals surface area contributed by atoms with Crippen molar-refractivity contribution in [2.75, 3.05) is 13.2 Å². The van der Waals surface area contributed by atoms with Crippen molar-refractivity contribution in [2.24, 2.45) is 5.41 Å². The Labute approximate surface area is 102 Å². The molecule has 0 atom stereocenters. The van der Waals surface area contributed by atoms with E-state index in [1.165, 1.54) is 0 Å². The Kier molecular flexibility index (Phi) is 5.26. The van der Waals surface area contributed by atoms with E-state index < -0.39 is 5.41 Å². The molecule has 0 amide bonds. The zero-order valence-electron chi connectivity index (χ0n) is 9.62. The lowest BCUT2D eigenvalue weighted by Crippen LogP contribution is -2.32. The van der Waals surface area contributed by atoms with Gasteiger partial charge in [0.15, 0.2) is 0 Å². The molecule has 0 fully saturated rings. The van der Waals surface area contributed by atoms with Crippen LogP contribution in [0.4, 0.5) is 0 Å². The smallest absolute Gasteiger partial charge is 0.0512 e. The summed E-state index contributed by atoms with van der Waals surface area (Å²) in [5, 5.41) is 19.6. The second-order valence-electron chi connectivity index (χ2n) is 4.37. The summed E-state index contributed by atoms with van der Waals surface area (Å²) >= 11 is 5.91. The largest absolute Gasteiger partial charge is 0.396 e. The first-order valence-corrected chi connectivity index (χ1v) is 6.00. The molecule has 90 valence electrons. The zero-order valence-corrected chi connectivity index (χ0v) is 10.4. The molecule has 0 radical (unpaired) electrons. The minimum Gasteiger partial charge on any atom is -0.396 e. The molecule has 1 aromatic rings. The number of aliphatic hydroxyl groups is 2. The molecule has 2 nitrogen and oxygen atoms in total. The first-order valence-electron chi connectivity index (χ1n) is 5.62. The lowest BCUT2D eigenvalue weighted by molar-refractivity contribution is 0.0466. The van der Waals surface area contributed by atoms with Crippen LogP contribution in [0.25, 0.3) is 0 Å². The van der Waals surface area contributed by atoms with Crippen LogP contribution >= 0.6 is 11.6 Å². The SMILES string of the molecule is CCCC(CO)(CO)Cc1cccc(Cl)c1. The Balaban J connectivity index is 2.82. The average molecular weight is 243 g/mol. The molecule has 3 heteroatoms. The lowest BCUT2D eigenvalue weighted by atomic mass is 9.79. The molecule has 0 heterocycles. The highest BCUT2D eigenvalue weighted by molar-refractivity contribution is 6.30. The van der Waals surface area contributed by atoms with E-state index in [0.29, 0.717) is 11.4 Å². The average Bonchev–Trinajstić information content (AvgIpc) is 2.28. The van der Waals surface area contributed by atoms with Crippen molar-refractivity contribution in [3.8, 4) is 0 Å². The topological polar surface area (TPSA) is 40.5 Å². The second kappa shape index (κ2) is 6.24. The van der Waals surface area contributed by atoms with Gasteiger partial charge < -0.3 is 10.2 Å². The van der Waals surface area contributed by atoms with Crippen LogP contribution in [0.1, 0.15) is 25.3 Å². The van der Waals surface area contributed by atoms with E-state index in [2.05, 4.69) is 6.92 Å². The molecular formula is C13H19ClO2. The molecule has 0 spiro atoms. The van der Waals surface area contributed by atoms with Crippen LogP contribution in [0.15, 0.2) is 24.3 Å². The summed E-state index contributed by atoms with van der Waals surface area (Å²) < 4.78 is 0. The highest BCUT2D eigenvalue weighted by Crippen LogP contribution is 2.28. The first kappa shape index (κ1) is 13.5. The second-order valence-corrected chi connectivity index (χ2v) is 4.81. The van der Waals surface area contributed by atoms with Gasteiger partial charge in [0.1, 0.15) is 0 Å². The van der Waals surface area contributed by atoms with Crippen molar-refractivity contribution in [1.29, 1.82) is 0 Å². The van der Waals surface area contributed by atoms with E-state index in [1.54, 1.807) is 0 Å². The number of aliphatic hydroxyl groups excluding tert-OH is 2. The highest BCUT2D eigenvalue weighted by Gasteiger charge is 2.28. The van der Waals surface area contributed by atoms with Gasteiger partial charge >= 0.3 is 0 Å². The Bertz CT molecular complexity index is 321. The van der Waals surface area contributed by atoms with Gasteiger partial charge in [-0.2, -0.15) is 0 Å². The van der Waals surface area contributed by atoms with Gasteiger partial charge in [-0.05, 0) is 30.5 Å². The van der Waals surface area contributed by atoms with Gasteiger partial charge in [0.2, 0.25) is 0 Å². The molecule has 0 saturated carbocycles. The summed E-state index contributed by atoms with van der Waals surface area (Å²) in [6, 6.07) is 7.58. The Morgan fingerprint density at radius 1 is 1.25 bits per heavy atom. The Morgan fingerprint density at radius 2 is 1.94 bits per heavy atom. The fourth-order valence-corrected chi connectivity index (χ4v) is 2.23. The maximum Gasteiger partial charge on any atom is 0.0512 e. The van der Waals surface area contributed by atoms with Crippen molar-refractivity contribution in [3.05, 3.63) is 34.9 Å². The van der Waals surface area contributed by atoms with Crippen molar-refractivity contribution >= 4 is 11.6 Å². The van der Waals surface area contributed by atoms with Gasteiger partial charge in [-0.1, -0.05) is 37.1 Å². The molecule has 0 saturated heterocycles. The number of rotatable bonds is 6. The lowest BCUT2D eigenvalue weighted by Gasteiger charge is -2.29. The van der Waals surface area contributed by atoms with Crippen LogP contribution in [0.3, 0.4) is 0 Å². The minimum atomic E-state index is -0.417. The predicted octanol–water partition coefficient (Wildman–Crippen LogP) is 2.65. The summed E-state index contributed by atoms with van der Waals surface area (Å²) in [7, 11) is 0. The van der Waals surface area contributed by atoms with E-state index in [0.717, 1.165) is 18.4 Å². The summed E-state index contributed by atoms with van der Waals surface area (Å²) in [6.45, 7) is 2.06. The van der Waals surface area contributed by atoms with Gasteiger partial charge in [0, 0.05) is 10.4 Å². The van der Waals surface area contributed by atoms with E-state index >= 15 is 0 Å². The number of benzene rings is 1. The van der Waals surface area contributed by atoms with Crippen molar-refractivity contribution < 1.29 is 10.2 Å². The number of hydrogen-bond donors (Lipinski definition) is 2. The fraction of sp³-hybridized carbons (Fsp3) is 0.538. The van der Waals surface area contributed by atoms with E-state index in [4.69, 9.17) is 11.6 Å². The molecule has 16 heavy (non-hydrogen) atoms. The van der Waals surface area contributed by atoms with Gasteiger partial charge in [-0.3, -0.25) is 0 Å². The molecular weight excluding hydrogens is 224 g/mol. The fourth-order valence-electron chi connectivity index (χ4n) is 2.02. The van der Waals surface area contributed by atoms with Gasteiger partial charge in [0.05, 0.1) is 13.2 Å². The Morgan fingerprint density at radius 3 is 2.44 bits per heavy atom. The summed E-state index contributed by atoms with van der Waals surface area (Å²) in [4.78, 5) is 0. The van der Waals surface area contributed by atoms with Crippen LogP contribution in [-0.4, -0.2) is 23.4 Å². The van der Waals surface area contributed by atoms with Gasteiger partial charge in [0.25, 0.3) is 0 Å². The quantitative estimate of drug-likeness (QED) is 0.805. The molecule has 0 aliphatic carbocycles. The maximum absolute atomic E-state index is 9.45. The molecule has 2 N–H and O–H groups in total. The van der Waals surface area contributed by atoms with E-state index in [9.17, 15) is 10.2 Å². The van der Waals surface area contributed by atoms with Crippen LogP contribution < -0.4 is 0 Å². The Hall–Kier alpha value is -0.570. The number of hydrogen-bond acceptors (Lipinski definition) is 2. The molecule has 0 aliphatic heterocycles. The zero-order chi connectivity index (χ0) is 12.0. The highest BCUT2D eigenvalue weighted by atomic mass is 35.5. The predicted molar refractivity (Wildman–Crippen MR) is 66.7 cm³/mol. The monoisotopic (exact) mass is 242 g/mol. The maximum atomic E-state index is 9.45. The first-order chi connectivity index (χ1) is 7.65. The minimum absolute atomic E-state index is 0.00382. The normalized spacial score (nSPS) is 11.8. The molecule has 0 aromatic heterocycles. The number of halogens is 1. The van der Waals surface area contributed by atoms with Crippen molar-refractivity contribution in [2.45, 2.75) is 26.2 Å². The van der Waals surface area contributed by atoms with Gasteiger partial charge in [-0.25, -0.2) is 0 Å². The van der Waals surface area contributed by atoms with Crippen molar-refractivity contribution in [3.63, 3.8) is 0 Å². The van der Waals surface area contributed by atoms with Crippen LogP contribution in [0, 0.1) is 5.41 Å². The molecule has 0 aliphatic rings. The standard InChI is InChI=1S/C13H19ClO2/c1-2-6-13(9-15,10-16)8-11-4-3-5-12(14)7-11/h3-5,7,15-16H,2,6,8-10H2,1H3. The summed E-state index contributed by atoms with van der Waals surface area (Å²) in [5.41, 5.74) is 0.642. The molecule has 0 bridgehead atoms. The molecule has 1 aromatic carbocycles. The van der Waals surface area contributed by atoms with Crippen LogP contribution in [-0.2, 0) is 6.42 Å². The van der Waals surface area contributed by atoms with E-state index in [1.807, 2.05) is 24.3 Å². The summed E-state index contributed by atoms with van der Waals surface area (Å²) in [6.07, 6.45) is 2.42. The third-order valence-electron chi connectivity index (χ3n) is 2.92. The van der Waals surface area contributed by atoms with Gasteiger partial charge in [-0.15, -0.1) is 0 Å². The van der Waals surface area contributed by atoms with E-state index in [-0.39, 0.29) is 13.2 Å². The van der Waals surface area contributed by atoms with Crippen LogP contribution in [0.2, 0.25) is 5.02 Å². The van der Waals surface area contributed by atoms with Crippen molar-refractivity contribution in [1.82, 2.24) is 0 Å². The third kappa shape index (κ3) is 3.48. The van der Waals surface area contributed by atoms with Crippen LogP contribution in [0.5, 0.6) is 0 Å². The molecule has 0 unspecified atom stereocenters. The summed E-state index contributed by atoms with van der Waals surface area (Å²) in [5.74, 6) is 0. The third-order valence-corrected chi connectivity index (χ3v) is 3.15.